The Morgan fingerprint density at radius 2 is 2.10 bits per heavy atom. The number of sulfonamides is 1. The normalized spacial score (nSPS) is 12.4. The van der Waals surface area contributed by atoms with E-state index in [1.165, 1.54) is 6.07 Å². The number of nitrogens with one attached hydrogen (secondary N) is 1. The highest BCUT2D eigenvalue weighted by Gasteiger charge is 2.21. The number of aromatic nitrogens is 2. The molecule has 2 rings (SSSR count). The van der Waals surface area contributed by atoms with E-state index < -0.39 is 10.0 Å². The van der Waals surface area contributed by atoms with Gasteiger partial charge in [0.2, 0.25) is 10.0 Å². The fourth-order valence-corrected chi connectivity index (χ4v) is 2.70. The zero-order valence-corrected chi connectivity index (χ0v) is 12.0. The van der Waals surface area contributed by atoms with Gasteiger partial charge in [0.15, 0.2) is 5.84 Å². The second kappa shape index (κ2) is 5.52. The summed E-state index contributed by atoms with van der Waals surface area (Å²) in [6.07, 6.45) is 1.72. The Labute approximate surface area is 121 Å². The van der Waals surface area contributed by atoms with Gasteiger partial charge in [0.25, 0.3) is 0 Å². The summed E-state index contributed by atoms with van der Waals surface area (Å²) in [7, 11) is -2.24. The molecule has 0 aliphatic carbocycles. The van der Waals surface area contributed by atoms with Gasteiger partial charge in [-0.3, -0.25) is 4.68 Å². The maximum Gasteiger partial charge on any atom is 0.238 e. The molecule has 0 bridgehead atoms. The fourth-order valence-electron chi connectivity index (χ4n) is 1.93. The highest BCUT2D eigenvalue weighted by molar-refractivity contribution is 7.89. The molecule has 0 amide bonds. The van der Waals surface area contributed by atoms with Crippen LogP contribution in [0.5, 0.6) is 0 Å². The second-order valence-corrected chi connectivity index (χ2v) is 5.75. The van der Waals surface area contributed by atoms with Gasteiger partial charge in [0.05, 0.1) is 10.6 Å². The van der Waals surface area contributed by atoms with E-state index in [9.17, 15) is 8.42 Å². The van der Waals surface area contributed by atoms with Crippen LogP contribution in [0.3, 0.4) is 0 Å². The van der Waals surface area contributed by atoms with Crippen molar-refractivity contribution >= 4 is 15.9 Å². The second-order valence-electron chi connectivity index (χ2n) is 4.22. The summed E-state index contributed by atoms with van der Waals surface area (Å²) >= 11 is 0. The molecule has 10 heteroatoms. The van der Waals surface area contributed by atoms with Crippen LogP contribution in [0.1, 0.15) is 5.56 Å². The number of hydrazone groups is 1. The van der Waals surface area contributed by atoms with Crippen molar-refractivity contribution in [3.05, 3.63) is 36.0 Å². The van der Waals surface area contributed by atoms with Crippen LogP contribution < -0.4 is 22.3 Å². The van der Waals surface area contributed by atoms with E-state index >= 15 is 0 Å². The first kappa shape index (κ1) is 15.0. The van der Waals surface area contributed by atoms with Crippen molar-refractivity contribution in [3.63, 3.8) is 0 Å². The van der Waals surface area contributed by atoms with Gasteiger partial charge in [-0.25, -0.2) is 24.9 Å². The minimum atomic E-state index is -3.98. The highest BCUT2D eigenvalue weighted by atomic mass is 32.2. The van der Waals surface area contributed by atoms with Gasteiger partial charge in [-0.2, -0.15) is 5.10 Å². The fraction of sp³-hybridized carbons (Fsp3) is 0.0909. The molecule has 9 nitrogen and oxygen atoms in total. The number of hydrazine groups is 1. The standard InChI is InChI=1S/C11H15N7O2S/c1-18-6-5-8(16-18)7-3-2-4-9(21(14,19)20)10(7)11(12)15-17-13/h2-6,17H,13H2,1H3,(H2,12,15)(H2,14,19,20). The molecular weight excluding hydrogens is 294 g/mol. The predicted molar refractivity (Wildman–Crippen MR) is 78.1 cm³/mol. The summed E-state index contributed by atoms with van der Waals surface area (Å²) in [5, 5.41) is 13.1. The van der Waals surface area contributed by atoms with Crippen molar-refractivity contribution in [3.8, 4) is 11.3 Å². The summed E-state index contributed by atoms with van der Waals surface area (Å²) in [5.74, 6) is 4.99. The number of hydrogen-bond donors (Lipinski definition) is 4. The molecule has 0 saturated carbocycles. The van der Waals surface area contributed by atoms with Crippen molar-refractivity contribution in [2.45, 2.75) is 4.90 Å². The number of nitrogens with two attached hydrogens (primary N) is 3. The van der Waals surface area contributed by atoms with Crippen LogP contribution in [-0.4, -0.2) is 24.0 Å². The molecule has 21 heavy (non-hydrogen) atoms. The van der Waals surface area contributed by atoms with E-state index in [0.29, 0.717) is 11.3 Å². The molecule has 112 valence electrons. The Hall–Kier alpha value is -2.43. The quantitative estimate of drug-likeness (QED) is 0.241. The number of hydrogen-bond acceptors (Lipinski definition) is 6. The van der Waals surface area contributed by atoms with Crippen molar-refractivity contribution in [2.75, 3.05) is 0 Å². The maximum atomic E-state index is 11.7. The first-order chi connectivity index (χ1) is 9.84. The average molecular weight is 309 g/mol. The number of nitrogens with zero attached hydrogens (tertiary/aromatic N) is 3. The average Bonchev–Trinajstić information content (AvgIpc) is 2.83. The topological polar surface area (TPSA) is 154 Å². The molecule has 1 aromatic carbocycles. The van der Waals surface area contributed by atoms with Crippen LogP contribution in [0.4, 0.5) is 0 Å². The Morgan fingerprint density at radius 1 is 1.38 bits per heavy atom. The van der Waals surface area contributed by atoms with E-state index in [1.807, 2.05) is 5.53 Å². The van der Waals surface area contributed by atoms with Crippen LogP contribution in [0.2, 0.25) is 0 Å². The van der Waals surface area contributed by atoms with Crippen LogP contribution in [0.15, 0.2) is 40.5 Å². The molecule has 0 unspecified atom stereocenters. The van der Waals surface area contributed by atoms with Crippen molar-refractivity contribution in [1.82, 2.24) is 15.3 Å². The SMILES string of the molecule is Cn1ccc(-c2cccc(S(N)(=O)=O)c2/C(N)=N/NN)n1. The molecule has 0 spiro atoms. The number of primary sulfonamides is 1. The molecule has 0 aliphatic rings. The maximum absolute atomic E-state index is 11.7. The van der Waals surface area contributed by atoms with Crippen molar-refractivity contribution in [2.24, 2.45) is 28.9 Å². The molecule has 2 aromatic rings. The minimum Gasteiger partial charge on any atom is -0.382 e. The van der Waals surface area contributed by atoms with E-state index in [4.69, 9.17) is 16.7 Å². The van der Waals surface area contributed by atoms with Gasteiger partial charge < -0.3 is 5.73 Å². The lowest BCUT2D eigenvalue weighted by atomic mass is 10.0. The Morgan fingerprint density at radius 3 is 2.62 bits per heavy atom. The number of aryl methyl sites for hydroxylation is 1. The summed E-state index contributed by atoms with van der Waals surface area (Å²) in [4.78, 5) is -0.151. The summed E-state index contributed by atoms with van der Waals surface area (Å²) in [6, 6.07) is 6.28. The molecule has 0 aliphatic heterocycles. The lowest BCUT2D eigenvalue weighted by Crippen LogP contribution is -2.26. The summed E-state index contributed by atoms with van der Waals surface area (Å²) < 4.78 is 25.1. The molecule has 7 N–H and O–H groups in total. The molecule has 0 radical (unpaired) electrons. The highest BCUT2D eigenvalue weighted by Crippen LogP contribution is 2.27. The summed E-state index contributed by atoms with van der Waals surface area (Å²) in [5.41, 5.74) is 9.00. The van der Waals surface area contributed by atoms with Crippen molar-refractivity contribution < 1.29 is 8.42 Å². The summed E-state index contributed by atoms with van der Waals surface area (Å²) in [6.45, 7) is 0. The molecule has 0 saturated heterocycles. The third-order valence-electron chi connectivity index (χ3n) is 2.76. The zero-order valence-electron chi connectivity index (χ0n) is 11.2. The number of rotatable bonds is 4. The Kier molecular flexibility index (Phi) is 3.93. The molecule has 0 fully saturated rings. The lowest BCUT2D eigenvalue weighted by Gasteiger charge is -2.11. The van der Waals surface area contributed by atoms with Gasteiger partial charge >= 0.3 is 0 Å². The smallest absolute Gasteiger partial charge is 0.238 e. The van der Waals surface area contributed by atoms with E-state index in [-0.39, 0.29) is 16.3 Å². The van der Waals surface area contributed by atoms with Gasteiger partial charge in [-0.1, -0.05) is 12.1 Å². The van der Waals surface area contributed by atoms with E-state index in [2.05, 4.69) is 10.2 Å². The van der Waals surface area contributed by atoms with Gasteiger partial charge in [0, 0.05) is 24.4 Å². The lowest BCUT2D eigenvalue weighted by molar-refractivity contribution is 0.597. The predicted octanol–water partition coefficient (Wildman–Crippen LogP) is -1.18. The molecule has 1 heterocycles. The monoisotopic (exact) mass is 309 g/mol. The zero-order chi connectivity index (χ0) is 15.6. The van der Waals surface area contributed by atoms with Crippen LogP contribution in [-0.2, 0) is 17.1 Å². The third kappa shape index (κ3) is 3.02. The molecule has 1 aromatic heterocycles. The van der Waals surface area contributed by atoms with Crippen molar-refractivity contribution in [1.29, 1.82) is 0 Å². The van der Waals surface area contributed by atoms with Crippen LogP contribution in [0, 0.1) is 0 Å². The minimum absolute atomic E-state index is 0.109. The first-order valence-electron chi connectivity index (χ1n) is 5.79. The number of benzene rings is 1. The first-order valence-corrected chi connectivity index (χ1v) is 7.34. The number of amidine groups is 1. The van der Waals surface area contributed by atoms with Gasteiger partial charge in [0.1, 0.15) is 0 Å². The van der Waals surface area contributed by atoms with Gasteiger partial charge in [-0.05, 0) is 12.1 Å². The van der Waals surface area contributed by atoms with E-state index in [0.717, 1.165) is 0 Å². The Balaban J connectivity index is 2.80. The third-order valence-corrected chi connectivity index (χ3v) is 3.72. The van der Waals surface area contributed by atoms with Crippen LogP contribution >= 0.6 is 0 Å². The Bertz CT molecular complexity index is 795. The molecule has 0 atom stereocenters. The van der Waals surface area contributed by atoms with Crippen LogP contribution in [0.25, 0.3) is 11.3 Å². The molecular formula is C11H15N7O2S. The van der Waals surface area contributed by atoms with E-state index in [1.54, 1.807) is 36.1 Å². The largest absolute Gasteiger partial charge is 0.382 e. The van der Waals surface area contributed by atoms with Gasteiger partial charge in [-0.15, -0.1) is 5.10 Å².